The minimum atomic E-state index is -2.09. The second-order valence-corrected chi connectivity index (χ2v) is 8.03. The molecule has 170 valence electrons. The Morgan fingerprint density at radius 2 is 1.88 bits per heavy atom. The second-order valence-electron chi connectivity index (χ2n) is 7.21. The molecule has 1 amide bonds. The zero-order valence-corrected chi connectivity index (χ0v) is 19.1. The highest BCUT2D eigenvalue weighted by Gasteiger charge is 2.48. The Morgan fingerprint density at radius 1 is 1.12 bits per heavy atom. The number of rotatable bonds is 5. The highest BCUT2D eigenvalue weighted by atomic mass is 35.5. The lowest BCUT2D eigenvalue weighted by Gasteiger charge is -2.32. The van der Waals surface area contributed by atoms with Gasteiger partial charge in [0, 0.05) is 29.9 Å². The lowest BCUT2D eigenvalue weighted by molar-refractivity contribution is -0.0766. The molecule has 3 aromatic rings. The SMILES string of the molecule is COc1ccc(C2=NN(C(=O)c3cccnc3)C(O)(c3cc(F)c(Cl)cc3Cl)C2)cc1OC. The van der Waals surface area contributed by atoms with Gasteiger partial charge in [-0.15, -0.1) is 0 Å². The molecule has 0 aliphatic carbocycles. The highest BCUT2D eigenvalue weighted by molar-refractivity contribution is 6.35. The van der Waals surface area contributed by atoms with Crippen molar-refractivity contribution in [2.75, 3.05) is 14.2 Å². The van der Waals surface area contributed by atoms with E-state index in [0.717, 1.165) is 11.1 Å². The van der Waals surface area contributed by atoms with Gasteiger partial charge in [0.1, 0.15) is 5.82 Å². The molecule has 1 aromatic heterocycles. The summed E-state index contributed by atoms with van der Waals surface area (Å²) in [4.78, 5) is 17.3. The van der Waals surface area contributed by atoms with E-state index in [0.29, 0.717) is 22.8 Å². The van der Waals surface area contributed by atoms with Gasteiger partial charge in [-0.3, -0.25) is 9.78 Å². The van der Waals surface area contributed by atoms with Gasteiger partial charge in [-0.1, -0.05) is 23.2 Å². The van der Waals surface area contributed by atoms with Crippen LogP contribution in [0.4, 0.5) is 4.39 Å². The highest BCUT2D eigenvalue weighted by Crippen LogP contribution is 2.43. The smallest absolute Gasteiger partial charge is 0.278 e. The molecule has 0 radical (unpaired) electrons. The van der Waals surface area contributed by atoms with Gasteiger partial charge >= 0.3 is 0 Å². The van der Waals surface area contributed by atoms with Crippen LogP contribution in [-0.2, 0) is 5.72 Å². The molecule has 0 spiro atoms. The van der Waals surface area contributed by atoms with Crippen LogP contribution in [0.25, 0.3) is 0 Å². The number of aliphatic hydroxyl groups is 1. The number of hydrazone groups is 1. The maximum atomic E-state index is 14.4. The number of ether oxygens (including phenoxy) is 2. The number of benzene rings is 2. The van der Waals surface area contributed by atoms with E-state index < -0.39 is 17.4 Å². The van der Waals surface area contributed by atoms with Crippen molar-refractivity contribution in [3.05, 3.63) is 87.4 Å². The lowest BCUT2D eigenvalue weighted by atomic mass is 9.94. The predicted octanol–water partition coefficient (Wildman–Crippen LogP) is 4.64. The van der Waals surface area contributed by atoms with Gasteiger partial charge in [0.15, 0.2) is 17.2 Å². The zero-order valence-electron chi connectivity index (χ0n) is 17.6. The minimum Gasteiger partial charge on any atom is -0.493 e. The predicted molar refractivity (Wildman–Crippen MR) is 121 cm³/mol. The summed E-state index contributed by atoms with van der Waals surface area (Å²) in [7, 11) is 3.00. The van der Waals surface area contributed by atoms with E-state index in [-0.39, 0.29) is 27.6 Å². The molecular formula is C23H18Cl2FN3O4. The summed E-state index contributed by atoms with van der Waals surface area (Å²) in [6, 6.07) is 10.3. The van der Waals surface area contributed by atoms with Crippen LogP contribution >= 0.6 is 23.2 Å². The third-order valence-corrected chi connectivity index (χ3v) is 5.85. The van der Waals surface area contributed by atoms with Crippen molar-refractivity contribution < 1.29 is 23.8 Å². The Balaban J connectivity index is 1.85. The molecular weight excluding hydrogens is 472 g/mol. The number of aromatic nitrogens is 1. The Bertz CT molecular complexity index is 1260. The number of halogens is 3. The molecule has 1 unspecified atom stereocenters. The molecule has 0 bridgehead atoms. The van der Waals surface area contributed by atoms with Gasteiger partial charge in [0.2, 0.25) is 0 Å². The van der Waals surface area contributed by atoms with Crippen molar-refractivity contribution in [2.45, 2.75) is 12.1 Å². The molecule has 7 nitrogen and oxygen atoms in total. The van der Waals surface area contributed by atoms with Gasteiger partial charge in [0.05, 0.1) is 35.5 Å². The normalized spacial score (nSPS) is 17.6. The Morgan fingerprint density at radius 3 is 2.55 bits per heavy atom. The van der Waals surface area contributed by atoms with E-state index in [1.165, 1.54) is 38.7 Å². The molecule has 1 N–H and O–H groups in total. The van der Waals surface area contributed by atoms with E-state index in [1.807, 2.05) is 0 Å². The maximum Gasteiger partial charge on any atom is 0.278 e. The van der Waals surface area contributed by atoms with E-state index >= 15 is 0 Å². The first-order chi connectivity index (χ1) is 15.8. The number of amides is 1. The summed E-state index contributed by atoms with van der Waals surface area (Å²) in [5.41, 5.74) is -1.04. The molecule has 2 aromatic carbocycles. The van der Waals surface area contributed by atoms with Crippen molar-refractivity contribution in [1.29, 1.82) is 0 Å². The van der Waals surface area contributed by atoms with Crippen LogP contribution in [0.2, 0.25) is 10.0 Å². The monoisotopic (exact) mass is 489 g/mol. The Kier molecular flexibility index (Phi) is 6.25. The first kappa shape index (κ1) is 23.0. The average molecular weight is 490 g/mol. The molecule has 10 heteroatoms. The van der Waals surface area contributed by atoms with Gasteiger partial charge in [-0.2, -0.15) is 10.1 Å². The van der Waals surface area contributed by atoms with E-state index in [1.54, 1.807) is 24.3 Å². The number of hydrogen-bond acceptors (Lipinski definition) is 6. The lowest BCUT2D eigenvalue weighted by Crippen LogP contribution is -2.44. The number of carbonyl (C=O) groups excluding carboxylic acids is 1. The van der Waals surface area contributed by atoms with Crippen molar-refractivity contribution in [2.24, 2.45) is 5.10 Å². The molecule has 1 atom stereocenters. The Hall–Kier alpha value is -3.20. The topological polar surface area (TPSA) is 84.2 Å². The van der Waals surface area contributed by atoms with Gasteiger partial charge in [-0.05, 0) is 42.5 Å². The minimum absolute atomic E-state index is 0.0170. The quantitative estimate of drug-likeness (QED) is 0.527. The van der Waals surface area contributed by atoms with Crippen molar-refractivity contribution in [3.8, 4) is 11.5 Å². The fraction of sp³-hybridized carbons (Fsp3) is 0.174. The van der Waals surface area contributed by atoms with Crippen LogP contribution in [0.15, 0.2) is 60.0 Å². The second kappa shape index (κ2) is 8.97. The van der Waals surface area contributed by atoms with Crippen molar-refractivity contribution >= 4 is 34.8 Å². The summed E-state index contributed by atoms with van der Waals surface area (Å²) >= 11 is 12.2. The van der Waals surface area contributed by atoms with Crippen LogP contribution in [0.1, 0.15) is 27.9 Å². The van der Waals surface area contributed by atoms with E-state index in [2.05, 4.69) is 10.1 Å². The van der Waals surface area contributed by atoms with Gasteiger partial charge in [0.25, 0.3) is 5.91 Å². The van der Waals surface area contributed by atoms with Crippen LogP contribution in [0, 0.1) is 5.82 Å². The summed E-state index contributed by atoms with van der Waals surface area (Å²) in [5, 5.41) is 16.8. The number of carbonyl (C=O) groups is 1. The van der Waals surface area contributed by atoms with Crippen LogP contribution < -0.4 is 9.47 Å². The van der Waals surface area contributed by atoms with E-state index in [4.69, 9.17) is 32.7 Å². The fourth-order valence-corrected chi connectivity index (χ4v) is 4.12. The number of pyridine rings is 1. The summed E-state index contributed by atoms with van der Waals surface area (Å²) < 4.78 is 25.0. The first-order valence-corrected chi connectivity index (χ1v) is 10.5. The molecule has 0 saturated carbocycles. The molecule has 33 heavy (non-hydrogen) atoms. The fourth-order valence-electron chi connectivity index (χ4n) is 3.59. The van der Waals surface area contributed by atoms with E-state index in [9.17, 15) is 14.3 Å². The molecule has 2 heterocycles. The summed E-state index contributed by atoms with van der Waals surface area (Å²) in [5.74, 6) is -0.500. The standard InChI is InChI=1S/C23H18Cl2FN3O4/c1-32-20-6-5-13(8-21(20)33-2)19-11-23(31,15-9-18(26)17(25)10-16(15)24)29(28-19)22(30)14-4-3-7-27-12-14/h3-10,12,31H,11H2,1-2H3. The molecule has 4 rings (SSSR count). The summed E-state index contributed by atoms with van der Waals surface area (Å²) in [6.45, 7) is 0. The summed E-state index contributed by atoms with van der Waals surface area (Å²) in [6.07, 6.45) is 2.68. The molecule has 1 aliphatic heterocycles. The number of nitrogens with zero attached hydrogens (tertiary/aromatic N) is 3. The van der Waals surface area contributed by atoms with Crippen LogP contribution in [-0.4, -0.2) is 40.9 Å². The Labute approximate surface area is 199 Å². The largest absolute Gasteiger partial charge is 0.493 e. The van der Waals surface area contributed by atoms with Crippen molar-refractivity contribution in [3.63, 3.8) is 0 Å². The van der Waals surface area contributed by atoms with Crippen LogP contribution in [0.3, 0.4) is 0 Å². The number of hydrogen-bond donors (Lipinski definition) is 1. The number of methoxy groups -OCH3 is 2. The molecule has 0 fully saturated rings. The van der Waals surface area contributed by atoms with Gasteiger partial charge in [-0.25, -0.2) is 4.39 Å². The molecule has 1 aliphatic rings. The molecule has 0 saturated heterocycles. The average Bonchev–Trinajstić information content (AvgIpc) is 3.19. The van der Waals surface area contributed by atoms with Gasteiger partial charge < -0.3 is 14.6 Å². The van der Waals surface area contributed by atoms with Crippen molar-refractivity contribution in [1.82, 2.24) is 9.99 Å². The first-order valence-electron chi connectivity index (χ1n) is 9.70. The zero-order chi connectivity index (χ0) is 23.8. The third kappa shape index (κ3) is 4.13. The maximum absolute atomic E-state index is 14.4. The third-order valence-electron chi connectivity index (χ3n) is 5.24. The van der Waals surface area contributed by atoms with Crippen LogP contribution in [0.5, 0.6) is 11.5 Å².